The lowest BCUT2D eigenvalue weighted by Crippen LogP contribution is -2.30. The fourth-order valence-corrected chi connectivity index (χ4v) is 11.4. The van der Waals surface area contributed by atoms with Crippen LogP contribution < -0.4 is 0 Å². The minimum absolute atomic E-state index is 0.0409. The summed E-state index contributed by atoms with van der Waals surface area (Å²) in [7, 11) is -10.00. The molecule has 5 unspecified atom stereocenters. The molecule has 0 fully saturated rings. The topological polar surface area (TPSA) is 237 Å². The van der Waals surface area contributed by atoms with E-state index in [4.69, 9.17) is 37.0 Å². The minimum Gasteiger partial charge on any atom is -0.462 e. The smallest absolute Gasteiger partial charge is 0.462 e. The Hall–Kier alpha value is -5.58. The Labute approximate surface area is 629 Å². The van der Waals surface area contributed by atoms with Crippen LogP contribution in [-0.2, 0) is 65.4 Å². The second-order valence-electron chi connectivity index (χ2n) is 25.5. The zero-order valence-corrected chi connectivity index (χ0v) is 66.2. The molecule has 0 aromatic heterocycles. The van der Waals surface area contributed by atoms with Crippen LogP contribution >= 0.6 is 15.6 Å². The van der Waals surface area contributed by atoms with Crippen LogP contribution in [0.3, 0.4) is 0 Å². The molecule has 0 aliphatic rings. The van der Waals surface area contributed by atoms with Crippen molar-refractivity contribution in [3.63, 3.8) is 0 Å². The van der Waals surface area contributed by atoms with Gasteiger partial charge in [0.05, 0.1) is 26.4 Å². The van der Waals surface area contributed by atoms with Crippen LogP contribution in [0.1, 0.15) is 285 Å². The summed E-state index contributed by atoms with van der Waals surface area (Å²) in [5.74, 6) is -2.31. The molecule has 5 atom stereocenters. The Bertz CT molecular complexity index is 2640. The number of ether oxygens (including phenoxy) is 4. The number of carbonyl (C=O) groups excluding carboxylic acids is 4. The number of rotatable bonds is 72. The quantitative estimate of drug-likeness (QED) is 0.0169. The van der Waals surface area contributed by atoms with Gasteiger partial charge < -0.3 is 33.8 Å². The van der Waals surface area contributed by atoms with Gasteiger partial charge >= 0.3 is 39.5 Å². The fourth-order valence-electron chi connectivity index (χ4n) is 9.79. The van der Waals surface area contributed by atoms with Gasteiger partial charge in [0.25, 0.3) is 0 Å². The number of aliphatic hydroxyl groups is 1. The molecule has 19 heteroatoms. The van der Waals surface area contributed by atoms with Gasteiger partial charge in [-0.2, -0.15) is 0 Å². The molecule has 0 amide bonds. The van der Waals surface area contributed by atoms with Gasteiger partial charge in [-0.1, -0.05) is 275 Å². The van der Waals surface area contributed by atoms with E-state index in [2.05, 4.69) is 198 Å². The molecule has 0 heterocycles. The van der Waals surface area contributed by atoms with Crippen molar-refractivity contribution in [2.75, 3.05) is 39.6 Å². The van der Waals surface area contributed by atoms with E-state index in [1.807, 2.05) is 0 Å². The van der Waals surface area contributed by atoms with E-state index >= 15 is 0 Å². The van der Waals surface area contributed by atoms with Crippen molar-refractivity contribution in [2.24, 2.45) is 0 Å². The average Bonchev–Trinajstić information content (AvgIpc) is 0.928. The molecule has 104 heavy (non-hydrogen) atoms. The van der Waals surface area contributed by atoms with Crippen molar-refractivity contribution >= 4 is 39.5 Å². The standard InChI is InChI=1S/C85H138O17P2/c1-5-9-13-17-21-25-29-32-35-37-39-41-44-47-51-54-58-62-66-70-83(88)96-76-81(102-85(90)72-68-64-60-56-52-48-45-42-40-38-36-33-30-26-22-18-14-10-6-2)78-100-104(93,94)98-74-79(86)73-97-103(91,92)99-77-80(101-84(89)71-67-63-59-55-49-28-24-20-16-12-8-4)75-95-82(87)69-65-61-57-53-50-46-43-34-31-27-23-19-15-11-7-3/h9-11,13-15,21-23,25-27,32-36,39-43,47-48,50-53,79-81,86H,5-8,12,16-20,24,28-31,37-38,44-46,49,54-78H2,1-4H3,(H,91,92)(H,93,94)/b13-9-,14-10-,15-11-,25-21-,26-22-,27-23-,35-32-,36-33-,41-39-,42-40-,43-34-,51-47-,52-48-,53-50-. The van der Waals surface area contributed by atoms with Crippen molar-refractivity contribution in [1.82, 2.24) is 0 Å². The van der Waals surface area contributed by atoms with Crippen LogP contribution in [0, 0.1) is 0 Å². The number of allylic oxidation sites excluding steroid dienone is 28. The molecular weight excluding hydrogens is 1350 g/mol. The highest BCUT2D eigenvalue weighted by atomic mass is 31.2. The summed E-state index contributed by atoms with van der Waals surface area (Å²) in [6, 6.07) is 0. The first-order valence-corrected chi connectivity index (χ1v) is 42.4. The van der Waals surface area contributed by atoms with Gasteiger partial charge in [0.15, 0.2) is 12.2 Å². The highest BCUT2D eigenvalue weighted by Gasteiger charge is 2.30. The SMILES string of the molecule is CC/C=C\C/C=C\C/C=C\C/C=C\C/C=C\CCCCCC(=O)OCC(COP(=O)(O)OCC(O)COP(=O)(O)OCC(COC(=O)CCCC/C=C\C/C=C\C/C=C\C/C=C\CC)OC(=O)CCCCCCCCCCCCC)OC(=O)CCCCC/C=C\C/C=C\C/C=C\C/C=C\C/C=C\CC. The number of phosphoric acid groups is 2. The lowest BCUT2D eigenvalue weighted by molar-refractivity contribution is -0.161. The fraction of sp³-hybridized carbons (Fsp3) is 0.624. The molecule has 0 bridgehead atoms. The number of carbonyl (C=O) groups is 4. The first-order chi connectivity index (χ1) is 50.7. The second-order valence-corrected chi connectivity index (χ2v) is 28.4. The molecule has 0 saturated heterocycles. The number of aliphatic hydroxyl groups excluding tert-OH is 1. The Morgan fingerprint density at radius 3 is 0.788 bits per heavy atom. The van der Waals surface area contributed by atoms with Gasteiger partial charge in [-0.15, -0.1) is 0 Å². The van der Waals surface area contributed by atoms with E-state index in [0.29, 0.717) is 25.7 Å². The monoisotopic (exact) mass is 1490 g/mol. The number of unbranched alkanes of at least 4 members (excludes halogenated alkanes) is 18. The van der Waals surface area contributed by atoms with Gasteiger partial charge in [-0.3, -0.25) is 37.3 Å². The summed E-state index contributed by atoms with van der Waals surface area (Å²) in [4.78, 5) is 72.9. The van der Waals surface area contributed by atoms with Crippen LogP contribution in [0.4, 0.5) is 0 Å². The Balaban J connectivity index is 5.46. The summed E-state index contributed by atoms with van der Waals surface area (Å²) in [5, 5.41) is 10.6. The second kappa shape index (κ2) is 75.6. The predicted octanol–water partition coefficient (Wildman–Crippen LogP) is 23.0. The van der Waals surface area contributed by atoms with E-state index in [1.165, 1.54) is 38.5 Å². The molecule has 0 spiro atoms. The number of esters is 4. The molecule has 0 aromatic rings. The van der Waals surface area contributed by atoms with Crippen LogP contribution in [0.2, 0.25) is 0 Å². The molecule has 0 aromatic carbocycles. The first-order valence-electron chi connectivity index (χ1n) is 39.4. The molecule has 0 aliphatic carbocycles. The van der Waals surface area contributed by atoms with Gasteiger partial charge in [-0.25, -0.2) is 9.13 Å². The summed E-state index contributed by atoms with van der Waals surface area (Å²) >= 11 is 0. The predicted molar refractivity (Wildman–Crippen MR) is 426 cm³/mol. The third-order valence-corrected chi connectivity index (χ3v) is 17.6. The highest BCUT2D eigenvalue weighted by Crippen LogP contribution is 2.45. The largest absolute Gasteiger partial charge is 0.472 e. The number of phosphoric ester groups is 2. The molecule has 0 rings (SSSR count). The molecule has 0 saturated carbocycles. The molecule has 17 nitrogen and oxygen atoms in total. The van der Waals surface area contributed by atoms with E-state index < -0.39 is 97.5 Å². The lowest BCUT2D eigenvalue weighted by Gasteiger charge is -2.21. The van der Waals surface area contributed by atoms with Gasteiger partial charge in [-0.05, 0) is 154 Å². The first kappa shape index (κ1) is 98.4. The third kappa shape index (κ3) is 74.7. The zero-order valence-electron chi connectivity index (χ0n) is 64.4. The van der Waals surface area contributed by atoms with Crippen LogP contribution in [0.25, 0.3) is 0 Å². The highest BCUT2D eigenvalue weighted by molar-refractivity contribution is 7.47. The van der Waals surface area contributed by atoms with E-state index in [0.717, 1.165) is 167 Å². The Kier molecular flexibility index (Phi) is 71.6. The van der Waals surface area contributed by atoms with Gasteiger partial charge in [0.1, 0.15) is 19.3 Å². The van der Waals surface area contributed by atoms with Crippen molar-refractivity contribution in [3.05, 3.63) is 170 Å². The van der Waals surface area contributed by atoms with Crippen molar-refractivity contribution in [1.29, 1.82) is 0 Å². The zero-order chi connectivity index (χ0) is 76.0. The Morgan fingerprint density at radius 1 is 0.279 bits per heavy atom. The third-order valence-electron chi connectivity index (χ3n) is 15.7. The molecule has 590 valence electrons. The van der Waals surface area contributed by atoms with Crippen molar-refractivity contribution in [2.45, 2.75) is 303 Å². The maximum absolute atomic E-state index is 13.1. The van der Waals surface area contributed by atoms with E-state index in [9.17, 15) is 43.2 Å². The maximum Gasteiger partial charge on any atom is 0.472 e. The van der Waals surface area contributed by atoms with Crippen LogP contribution in [0.15, 0.2) is 170 Å². The van der Waals surface area contributed by atoms with Gasteiger partial charge in [0.2, 0.25) is 0 Å². The maximum atomic E-state index is 13.1. The van der Waals surface area contributed by atoms with Crippen LogP contribution in [-0.4, -0.2) is 96.7 Å². The number of hydrogen-bond donors (Lipinski definition) is 3. The average molecular weight is 1490 g/mol. The summed E-state index contributed by atoms with van der Waals surface area (Å²) in [6.45, 7) is 4.38. The van der Waals surface area contributed by atoms with Gasteiger partial charge in [0, 0.05) is 25.7 Å². The van der Waals surface area contributed by atoms with Crippen LogP contribution in [0.5, 0.6) is 0 Å². The van der Waals surface area contributed by atoms with Crippen molar-refractivity contribution in [3.8, 4) is 0 Å². The molecule has 3 N–H and O–H groups in total. The normalized spacial score (nSPS) is 14.8. The molecule has 0 aliphatic heterocycles. The lowest BCUT2D eigenvalue weighted by atomic mass is 10.1. The molecule has 0 radical (unpaired) electrons. The van der Waals surface area contributed by atoms with E-state index in [-0.39, 0.29) is 25.7 Å². The minimum atomic E-state index is -5.00. The molecular formula is C85H138O17P2. The van der Waals surface area contributed by atoms with Crippen molar-refractivity contribution < 1.29 is 80.2 Å². The summed E-state index contributed by atoms with van der Waals surface area (Å²) in [6.07, 6.45) is 89.2. The summed E-state index contributed by atoms with van der Waals surface area (Å²) < 4.78 is 68.5. The number of hydrogen-bond acceptors (Lipinski definition) is 15. The summed E-state index contributed by atoms with van der Waals surface area (Å²) in [5.41, 5.74) is 0. The van der Waals surface area contributed by atoms with E-state index in [1.54, 1.807) is 0 Å². The Morgan fingerprint density at radius 2 is 0.500 bits per heavy atom.